The molecule has 0 aromatic heterocycles. The van der Waals surface area contributed by atoms with Crippen LogP contribution < -0.4 is 0 Å². The number of hydrogen-bond donors (Lipinski definition) is 0. The number of benzene rings is 1. The van der Waals surface area contributed by atoms with Crippen LogP contribution in [0.4, 0.5) is 0 Å². The van der Waals surface area contributed by atoms with Gasteiger partial charge in [-0.3, -0.25) is 4.79 Å². The zero-order valence-electron chi connectivity index (χ0n) is 10.0. The van der Waals surface area contributed by atoms with Crippen molar-refractivity contribution in [3.63, 3.8) is 0 Å². The molecule has 16 heavy (non-hydrogen) atoms. The Balaban J connectivity index is 2.82. The van der Waals surface area contributed by atoms with Crippen molar-refractivity contribution in [1.29, 1.82) is 5.26 Å². The molecule has 84 valence electrons. The first-order chi connectivity index (χ1) is 7.56. The fraction of sp³-hybridized carbons (Fsp3) is 0.429. The number of ketones is 1. The predicted octanol–water partition coefficient (Wildman–Crippen LogP) is 3.54. The summed E-state index contributed by atoms with van der Waals surface area (Å²) in [4.78, 5) is 11.9. The van der Waals surface area contributed by atoms with Crippen molar-refractivity contribution in [2.24, 2.45) is 5.92 Å². The molecule has 0 radical (unpaired) electrons. The van der Waals surface area contributed by atoms with Gasteiger partial charge in [-0.15, -0.1) is 0 Å². The van der Waals surface area contributed by atoms with Crippen LogP contribution in [0.2, 0.25) is 0 Å². The Labute approximate surface area is 96.9 Å². The summed E-state index contributed by atoms with van der Waals surface area (Å²) in [6, 6.07) is 9.70. The molecule has 0 N–H and O–H groups in total. The lowest BCUT2D eigenvalue weighted by Crippen LogP contribution is -2.10. The van der Waals surface area contributed by atoms with E-state index in [0.29, 0.717) is 11.5 Å². The van der Waals surface area contributed by atoms with Gasteiger partial charge in [-0.05, 0) is 11.5 Å². The maximum absolute atomic E-state index is 11.9. The maximum atomic E-state index is 11.9. The van der Waals surface area contributed by atoms with E-state index < -0.39 is 0 Å². The molecule has 1 aromatic carbocycles. The lowest BCUT2D eigenvalue weighted by atomic mass is 9.94. The van der Waals surface area contributed by atoms with Crippen LogP contribution in [-0.2, 0) is 0 Å². The molecular formula is C14H17NO. The quantitative estimate of drug-likeness (QED) is 0.721. The van der Waals surface area contributed by atoms with Crippen molar-refractivity contribution in [3.05, 3.63) is 35.4 Å². The third-order valence-corrected chi connectivity index (χ3v) is 2.71. The second-order valence-corrected chi connectivity index (χ2v) is 4.40. The molecule has 0 aliphatic rings. The molecule has 1 unspecified atom stereocenters. The lowest BCUT2D eigenvalue weighted by molar-refractivity contribution is 0.0932. The summed E-state index contributed by atoms with van der Waals surface area (Å²) in [7, 11) is 0. The first-order valence-corrected chi connectivity index (χ1v) is 5.57. The molecule has 0 heterocycles. The monoisotopic (exact) mass is 215 g/mol. The third kappa shape index (κ3) is 2.93. The van der Waals surface area contributed by atoms with E-state index in [0.717, 1.165) is 0 Å². The standard InChI is InChI=1S/C14H17NO/c1-10(2)12-4-6-13(7-5-12)14(16)11(3)8-9-15/h4-7,10-11H,8H2,1-3H3. The summed E-state index contributed by atoms with van der Waals surface area (Å²) in [6.07, 6.45) is 0.283. The number of carbonyl (C=O) groups is 1. The van der Waals surface area contributed by atoms with Gasteiger partial charge in [-0.1, -0.05) is 45.0 Å². The number of nitrogens with zero attached hydrogens (tertiary/aromatic N) is 1. The van der Waals surface area contributed by atoms with Crippen LogP contribution in [0.1, 0.15) is 49.0 Å². The minimum absolute atomic E-state index is 0.0526. The second kappa shape index (κ2) is 5.46. The van der Waals surface area contributed by atoms with E-state index in [4.69, 9.17) is 5.26 Å². The summed E-state index contributed by atoms with van der Waals surface area (Å²) in [5.74, 6) is 0.312. The summed E-state index contributed by atoms with van der Waals surface area (Å²) < 4.78 is 0. The number of nitriles is 1. The Bertz CT molecular complexity index is 398. The van der Waals surface area contributed by atoms with Crippen LogP contribution in [0, 0.1) is 17.2 Å². The number of Topliss-reactive ketones (excluding diaryl/α,β-unsaturated/α-hetero) is 1. The second-order valence-electron chi connectivity index (χ2n) is 4.40. The lowest BCUT2D eigenvalue weighted by Gasteiger charge is -2.08. The molecule has 0 amide bonds. The van der Waals surface area contributed by atoms with Crippen molar-refractivity contribution >= 4 is 5.78 Å². The Morgan fingerprint density at radius 2 is 1.81 bits per heavy atom. The molecule has 2 nitrogen and oxygen atoms in total. The molecule has 0 aliphatic carbocycles. The van der Waals surface area contributed by atoms with E-state index in [1.165, 1.54) is 5.56 Å². The highest BCUT2D eigenvalue weighted by Gasteiger charge is 2.14. The van der Waals surface area contributed by atoms with Crippen LogP contribution in [0.5, 0.6) is 0 Å². The number of hydrogen-bond acceptors (Lipinski definition) is 2. The van der Waals surface area contributed by atoms with E-state index in [1.807, 2.05) is 30.3 Å². The topological polar surface area (TPSA) is 40.9 Å². The minimum atomic E-state index is -0.213. The van der Waals surface area contributed by atoms with Crippen LogP contribution in [-0.4, -0.2) is 5.78 Å². The number of carbonyl (C=O) groups excluding carboxylic acids is 1. The Hall–Kier alpha value is -1.62. The van der Waals surface area contributed by atoms with Crippen molar-refractivity contribution in [1.82, 2.24) is 0 Å². The fourth-order valence-corrected chi connectivity index (χ4v) is 1.55. The molecular weight excluding hydrogens is 198 g/mol. The highest BCUT2D eigenvalue weighted by molar-refractivity contribution is 5.97. The number of rotatable bonds is 4. The van der Waals surface area contributed by atoms with Gasteiger partial charge in [-0.25, -0.2) is 0 Å². The molecule has 0 saturated heterocycles. The van der Waals surface area contributed by atoms with E-state index in [2.05, 4.69) is 13.8 Å². The predicted molar refractivity (Wildman–Crippen MR) is 64.3 cm³/mol. The van der Waals surface area contributed by atoms with Crippen molar-refractivity contribution in [2.75, 3.05) is 0 Å². The van der Waals surface area contributed by atoms with E-state index in [1.54, 1.807) is 6.92 Å². The van der Waals surface area contributed by atoms with Gasteiger partial charge in [0.05, 0.1) is 6.07 Å². The van der Waals surface area contributed by atoms with Crippen LogP contribution in [0.25, 0.3) is 0 Å². The molecule has 0 spiro atoms. The zero-order chi connectivity index (χ0) is 12.1. The SMILES string of the molecule is CC(CC#N)C(=O)c1ccc(C(C)C)cc1. The summed E-state index contributed by atoms with van der Waals surface area (Å²) in [5, 5.41) is 8.55. The zero-order valence-corrected chi connectivity index (χ0v) is 10.0. The largest absolute Gasteiger partial charge is 0.294 e. The molecule has 0 bridgehead atoms. The van der Waals surface area contributed by atoms with Crippen LogP contribution >= 0.6 is 0 Å². The molecule has 0 saturated carbocycles. The molecule has 0 fully saturated rings. The summed E-state index contributed by atoms with van der Waals surface area (Å²) >= 11 is 0. The van der Waals surface area contributed by atoms with E-state index in [-0.39, 0.29) is 18.1 Å². The van der Waals surface area contributed by atoms with Gasteiger partial charge in [0, 0.05) is 17.9 Å². The highest BCUT2D eigenvalue weighted by Crippen LogP contribution is 2.17. The van der Waals surface area contributed by atoms with Crippen molar-refractivity contribution < 1.29 is 4.79 Å². The van der Waals surface area contributed by atoms with Crippen LogP contribution in [0.3, 0.4) is 0 Å². The van der Waals surface area contributed by atoms with Gasteiger partial charge in [0.2, 0.25) is 0 Å². The van der Waals surface area contributed by atoms with Gasteiger partial charge < -0.3 is 0 Å². The molecule has 1 aromatic rings. The minimum Gasteiger partial charge on any atom is -0.294 e. The maximum Gasteiger partial charge on any atom is 0.166 e. The molecule has 1 rings (SSSR count). The fourth-order valence-electron chi connectivity index (χ4n) is 1.55. The Morgan fingerprint density at radius 1 is 1.25 bits per heavy atom. The first kappa shape index (κ1) is 12.4. The highest BCUT2D eigenvalue weighted by atomic mass is 16.1. The van der Waals surface area contributed by atoms with E-state index >= 15 is 0 Å². The van der Waals surface area contributed by atoms with Crippen LogP contribution in [0.15, 0.2) is 24.3 Å². The van der Waals surface area contributed by atoms with Gasteiger partial charge >= 0.3 is 0 Å². The van der Waals surface area contributed by atoms with Crippen molar-refractivity contribution in [2.45, 2.75) is 33.1 Å². The smallest absolute Gasteiger partial charge is 0.166 e. The average Bonchev–Trinajstić information content (AvgIpc) is 2.28. The normalized spacial score (nSPS) is 12.2. The molecule has 1 atom stereocenters. The first-order valence-electron chi connectivity index (χ1n) is 5.57. The van der Waals surface area contributed by atoms with Gasteiger partial charge in [0.1, 0.15) is 0 Å². The average molecular weight is 215 g/mol. The molecule has 0 aliphatic heterocycles. The van der Waals surface area contributed by atoms with Gasteiger partial charge in [-0.2, -0.15) is 5.26 Å². The Kier molecular flexibility index (Phi) is 4.25. The van der Waals surface area contributed by atoms with Gasteiger partial charge in [0.15, 0.2) is 5.78 Å². The van der Waals surface area contributed by atoms with E-state index in [9.17, 15) is 4.79 Å². The Morgan fingerprint density at radius 3 is 2.25 bits per heavy atom. The van der Waals surface area contributed by atoms with Gasteiger partial charge in [0.25, 0.3) is 0 Å². The summed E-state index contributed by atoms with van der Waals surface area (Å²) in [6.45, 7) is 6.03. The summed E-state index contributed by atoms with van der Waals surface area (Å²) in [5.41, 5.74) is 1.93. The molecule has 2 heteroatoms. The van der Waals surface area contributed by atoms with Crippen molar-refractivity contribution in [3.8, 4) is 6.07 Å². The third-order valence-electron chi connectivity index (χ3n) is 2.71.